The number of thiophene rings is 1. The van der Waals surface area contributed by atoms with Crippen molar-refractivity contribution in [2.45, 2.75) is 11.4 Å². The Kier molecular flexibility index (Phi) is 5.08. The molecular weight excluding hydrogens is 380 g/mol. The Labute approximate surface area is 153 Å². The van der Waals surface area contributed by atoms with Gasteiger partial charge in [-0.1, -0.05) is 12.1 Å². The molecule has 0 saturated heterocycles. The zero-order chi connectivity index (χ0) is 17.9. The summed E-state index contributed by atoms with van der Waals surface area (Å²) in [6.07, 6.45) is 1.48. The van der Waals surface area contributed by atoms with Gasteiger partial charge in [0.25, 0.3) is 0 Å². The van der Waals surface area contributed by atoms with Gasteiger partial charge in [-0.2, -0.15) is 0 Å². The number of benzene rings is 1. The summed E-state index contributed by atoms with van der Waals surface area (Å²) < 4.78 is 22.4. The molecule has 0 atom stereocenters. The van der Waals surface area contributed by atoms with Crippen molar-refractivity contribution in [2.24, 2.45) is 5.14 Å². The van der Waals surface area contributed by atoms with Gasteiger partial charge in [0.15, 0.2) is 10.9 Å². The number of nitrogens with zero attached hydrogens (tertiary/aromatic N) is 2. The zero-order valence-corrected chi connectivity index (χ0v) is 15.2. The third-order valence-electron chi connectivity index (χ3n) is 3.26. The second kappa shape index (κ2) is 7.27. The highest BCUT2D eigenvalue weighted by Gasteiger charge is 2.07. The van der Waals surface area contributed by atoms with Crippen molar-refractivity contribution in [3.8, 4) is 0 Å². The largest absolute Gasteiger partial charge is 0.357 e. The normalized spacial score (nSPS) is 11.2. The molecule has 3 rings (SSSR count). The standard InChI is InChI=1S/C14H14N6O2S3/c15-25(21,22)10-3-1-9(2-4-10)7-16-14(23)20-19-12-11-5-6-24-13(11)18-8-17-12/h1-6,8H,7H2,(H2,15,21,22)(H2,16,20,23)(H,17,18,19). The van der Waals surface area contributed by atoms with Crippen molar-refractivity contribution in [1.82, 2.24) is 20.7 Å². The maximum absolute atomic E-state index is 11.2. The predicted molar refractivity (Wildman–Crippen MR) is 101 cm³/mol. The number of nitrogens with one attached hydrogen (secondary N) is 3. The van der Waals surface area contributed by atoms with Crippen LogP contribution in [0.2, 0.25) is 0 Å². The first kappa shape index (κ1) is 17.5. The third-order valence-corrected chi connectivity index (χ3v) is 5.26. The van der Waals surface area contributed by atoms with Crippen LogP contribution in [0, 0.1) is 0 Å². The molecule has 0 amide bonds. The molecule has 25 heavy (non-hydrogen) atoms. The first-order valence-corrected chi connectivity index (χ1v) is 9.87. The second-order valence-electron chi connectivity index (χ2n) is 4.98. The first-order valence-electron chi connectivity index (χ1n) is 7.03. The lowest BCUT2D eigenvalue weighted by molar-refractivity contribution is 0.597. The number of aromatic nitrogens is 2. The average molecular weight is 395 g/mol. The van der Waals surface area contributed by atoms with Gasteiger partial charge in [0.1, 0.15) is 11.2 Å². The smallest absolute Gasteiger partial charge is 0.238 e. The molecule has 0 saturated carbocycles. The topological polar surface area (TPSA) is 122 Å². The van der Waals surface area contributed by atoms with Crippen molar-refractivity contribution < 1.29 is 8.42 Å². The lowest BCUT2D eigenvalue weighted by Crippen LogP contribution is -2.38. The molecule has 0 bridgehead atoms. The Morgan fingerprint density at radius 2 is 1.96 bits per heavy atom. The van der Waals surface area contributed by atoms with Crippen molar-refractivity contribution in [2.75, 3.05) is 5.43 Å². The van der Waals surface area contributed by atoms with Gasteiger partial charge in [-0.3, -0.25) is 10.9 Å². The maximum atomic E-state index is 11.2. The van der Waals surface area contributed by atoms with Gasteiger partial charge in [0.05, 0.1) is 10.3 Å². The van der Waals surface area contributed by atoms with E-state index in [1.165, 1.54) is 29.8 Å². The lowest BCUT2D eigenvalue weighted by Gasteiger charge is -2.12. The molecule has 2 heterocycles. The number of anilines is 1. The highest BCUT2D eigenvalue weighted by molar-refractivity contribution is 7.89. The van der Waals surface area contributed by atoms with Gasteiger partial charge in [0, 0.05) is 6.54 Å². The Balaban J connectivity index is 1.54. The van der Waals surface area contributed by atoms with Crippen LogP contribution in [0.4, 0.5) is 5.82 Å². The molecule has 0 fully saturated rings. The molecule has 130 valence electrons. The Morgan fingerprint density at radius 3 is 2.68 bits per heavy atom. The van der Waals surface area contributed by atoms with Crippen molar-refractivity contribution in [1.29, 1.82) is 0 Å². The van der Waals surface area contributed by atoms with Crippen molar-refractivity contribution in [3.63, 3.8) is 0 Å². The Bertz CT molecular complexity index is 1000. The number of hydrogen-bond acceptors (Lipinski definition) is 7. The summed E-state index contributed by atoms with van der Waals surface area (Å²) in [4.78, 5) is 9.29. The van der Waals surface area contributed by atoms with E-state index < -0.39 is 10.0 Å². The summed E-state index contributed by atoms with van der Waals surface area (Å²) in [7, 11) is -3.68. The number of sulfonamides is 1. The molecule has 11 heteroatoms. The van der Waals surface area contributed by atoms with Crippen LogP contribution in [0.1, 0.15) is 5.56 Å². The zero-order valence-electron chi connectivity index (χ0n) is 12.8. The van der Waals surface area contributed by atoms with Crippen LogP contribution in [0.15, 0.2) is 46.9 Å². The molecule has 0 radical (unpaired) electrons. The van der Waals surface area contributed by atoms with Crippen LogP contribution in [0.3, 0.4) is 0 Å². The molecule has 0 spiro atoms. The second-order valence-corrected chi connectivity index (χ2v) is 7.85. The molecule has 1 aromatic carbocycles. The number of nitrogens with two attached hydrogens (primary N) is 1. The van der Waals surface area contributed by atoms with Gasteiger partial charge >= 0.3 is 0 Å². The molecule has 0 unspecified atom stereocenters. The first-order chi connectivity index (χ1) is 11.9. The van der Waals surface area contributed by atoms with Gasteiger partial charge in [-0.25, -0.2) is 23.5 Å². The summed E-state index contributed by atoms with van der Waals surface area (Å²) >= 11 is 6.73. The molecule has 0 aliphatic heterocycles. The van der Waals surface area contributed by atoms with E-state index >= 15 is 0 Å². The van der Waals surface area contributed by atoms with Gasteiger partial charge < -0.3 is 5.32 Å². The highest BCUT2D eigenvalue weighted by atomic mass is 32.2. The van der Waals surface area contributed by atoms with E-state index in [2.05, 4.69) is 26.1 Å². The SMILES string of the molecule is NS(=O)(=O)c1ccc(CNC(=S)NNc2ncnc3sccc23)cc1. The Morgan fingerprint density at radius 1 is 1.20 bits per heavy atom. The lowest BCUT2D eigenvalue weighted by atomic mass is 10.2. The molecule has 3 aromatic rings. The third kappa shape index (κ3) is 4.39. The van der Waals surface area contributed by atoms with E-state index in [1.807, 2.05) is 11.4 Å². The quantitative estimate of drug-likeness (QED) is 0.378. The number of primary sulfonamides is 1. The summed E-state index contributed by atoms with van der Waals surface area (Å²) in [5.41, 5.74) is 6.66. The van der Waals surface area contributed by atoms with E-state index in [9.17, 15) is 8.42 Å². The van der Waals surface area contributed by atoms with E-state index in [4.69, 9.17) is 17.4 Å². The predicted octanol–water partition coefficient (Wildman–Crippen LogP) is 1.33. The average Bonchev–Trinajstić information content (AvgIpc) is 3.07. The molecule has 0 aliphatic carbocycles. The molecule has 2 aromatic heterocycles. The number of hydrazine groups is 1. The van der Waals surface area contributed by atoms with Crippen LogP contribution >= 0.6 is 23.6 Å². The van der Waals surface area contributed by atoms with E-state index in [-0.39, 0.29) is 4.90 Å². The summed E-state index contributed by atoms with van der Waals surface area (Å²) in [6, 6.07) is 8.17. The molecule has 8 nitrogen and oxygen atoms in total. The summed E-state index contributed by atoms with van der Waals surface area (Å²) in [6.45, 7) is 0.427. The van der Waals surface area contributed by atoms with Crippen LogP contribution in [-0.4, -0.2) is 23.5 Å². The summed E-state index contributed by atoms with van der Waals surface area (Å²) in [5.74, 6) is 0.632. The monoisotopic (exact) mass is 394 g/mol. The minimum absolute atomic E-state index is 0.0714. The van der Waals surface area contributed by atoms with Gasteiger partial charge in [0.2, 0.25) is 10.0 Å². The van der Waals surface area contributed by atoms with E-state index in [0.29, 0.717) is 17.5 Å². The molecule has 5 N–H and O–H groups in total. The number of thiocarbonyl (C=S) groups is 1. The Hall–Kier alpha value is -2.34. The fourth-order valence-corrected chi connectivity index (χ4v) is 3.40. The van der Waals surface area contributed by atoms with Gasteiger partial charge in [-0.05, 0) is 41.4 Å². The minimum Gasteiger partial charge on any atom is -0.357 e. The van der Waals surface area contributed by atoms with Crippen molar-refractivity contribution >= 4 is 54.7 Å². The minimum atomic E-state index is -3.68. The maximum Gasteiger partial charge on any atom is 0.238 e. The number of fused-ring (bicyclic) bond motifs is 1. The highest BCUT2D eigenvalue weighted by Crippen LogP contribution is 2.22. The van der Waals surface area contributed by atoms with E-state index in [1.54, 1.807) is 12.1 Å². The van der Waals surface area contributed by atoms with Crippen LogP contribution in [-0.2, 0) is 16.6 Å². The fourth-order valence-electron chi connectivity index (χ4n) is 2.03. The van der Waals surface area contributed by atoms with Crippen molar-refractivity contribution in [3.05, 3.63) is 47.6 Å². The van der Waals surface area contributed by atoms with Gasteiger partial charge in [-0.15, -0.1) is 11.3 Å². The fraction of sp³-hybridized carbons (Fsp3) is 0.0714. The number of hydrogen-bond donors (Lipinski definition) is 4. The van der Waals surface area contributed by atoms with Crippen LogP contribution in [0.25, 0.3) is 10.2 Å². The van der Waals surface area contributed by atoms with Crippen LogP contribution < -0.4 is 21.3 Å². The van der Waals surface area contributed by atoms with Crippen LogP contribution in [0.5, 0.6) is 0 Å². The number of rotatable bonds is 5. The molecule has 0 aliphatic rings. The van der Waals surface area contributed by atoms with E-state index in [0.717, 1.165) is 15.8 Å². The summed E-state index contributed by atoms with van der Waals surface area (Å²) in [5, 5.41) is 11.3. The molecular formula is C14H14N6O2S3.